The number of amides is 2. The van der Waals surface area contributed by atoms with Crippen molar-refractivity contribution in [3.63, 3.8) is 0 Å². The molecule has 0 aliphatic carbocycles. The fraction of sp³-hybridized carbons (Fsp3) is 0.368. The molecular weight excluding hydrogens is 369 g/mol. The Morgan fingerprint density at radius 3 is 2.93 bits per heavy atom. The van der Waals surface area contributed by atoms with Gasteiger partial charge in [-0.2, -0.15) is 0 Å². The number of hydrogen-bond donors (Lipinski definition) is 2. The molecule has 0 unspecified atom stereocenters. The summed E-state index contributed by atoms with van der Waals surface area (Å²) in [6.45, 7) is 3.06. The normalized spacial score (nSPS) is 14.6. The van der Waals surface area contributed by atoms with Crippen molar-refractivity contribution in [2.24, 2.45) is 5.73 Å². The van der Waals surface area contributed by atoms with Crippen LogP contribution in [0, 0.1) is 5.82 Å². The lowest BCUT2D eigenvalue weighted by atomic mass is 10.1. The SMILES string of the molecule is NC(=O)c1sccc1OCCc1ccc(F)c(C(=O)N2CCCNCC2)c1. The first kappa shape index (κ1) is 19.3. The summed E-state index contributed by atoms with van der Waals surface area (Å²) in [6, 6.07) is 6.24. The van der Waals surface area contributed by atoms with Crippen molar-refractivity contribution in [1.29, 1.82) is 0 Å². The number of thiophene rings is 1. The van der Waals surface area contributed by atoms with Crippen LogP contribution in [0.2, 0.25) is 0 Å². The van der Waals surface area contributed by atoms with Crippen molar-refractivity contribution in [2.45, 2.75) is 12.8 Å². The second kappa shape index (κ2) is 8.96. The van der Waals surface area contributed by atoms with Crippen LogP contribution in [0.3, 0.4) is 0 Å². The molecule has 1 aliphatic heterocycles. The number of carbonyl (C=O) groups excluding carboxylic acids is 2. The van der Waals surface area contributed by atoms with Crippen molar-refractivity contribution >= 4 is 23.2 Å². The molecule has 3 rings (SSSR count). The van der Waals surface area contributed by atoms with Crippen molar-refractivity contribution in [3.05, 3.63) is 51.5 Å². The molecule has 1 aromatic heterocycles. The summed E-state index contributed by atoms with van der Waals surface area (Å²) in [5.74, 6) is -0.881. The van der Waals surface area contributed by atoms with Gasteiger partial charge in [0.05, 0.1) is 12.2 Å². The number of hydrogen-bond acceptors (Lipinski definition) is 5. The van der Waals surface area contributed by atoms with Crippen molar-refractivity contribution in [2.75, 3.05) is 32.8 Å². The van der Waals surface area contributed by atoms with E-state index in [9.17, 15) is 14.0 Å². The number of nitrogens with two attached hydrogens (primary N) is 1. The standard InChI is InChI=1S/C19H22FN3O3S/c20-15-3-2-13(4-10-26-16-5-11-27-17(16)18(21)24)12-14(15)19(25)23-8-1-6-22-7-9-23/h2-3,5,11-12,22H,1,4,6-10H2,(H2,21,24). The van der Waals surface area contributed by atoms with E-state index in [4.69, 9.17) is 10.5 Å². The second-order valence-electron chi connectivity index (χ2n) is 6.29. The molecule has 1 aliphatic rings. The van der Waals surface area contributed by atoms with E-state index in [1.54, 1.807) is 28.5 Å². The van der Waals surface area contributed by atoms with Gasteiger partial charge < -0.3 is 20.7 Å². The predicted molar refractivity (Wildman–Crippen MR) is 102 cm³/mol. The van der Waals surface area contributed by atoms with Crippen LogP contribution in [0.15, 0.2) is 29.6 Å². The fourth-order valence-electron chi connectivity index (χ4n) is 2.98. The van der Waals surface area contributed by atoms with Gasteiger partial charge in [0.2, 0.25) is 0 Å². The molecule has 1 saturated heterocycles. The molecule has 2 aromatic rings. The molecule has 0 bridgehead atoms. The molecule has 0 atom stereocenters. The Bertz CT molecular complexity index is 816. The lowest BCUT2D eigenvalue weighted by Gasteiger charge is -2.20. The Labute approximate surface area is 161 Å². The average Bonchev–Trinajstić information content (AvgIpc) is 2.96. The summed E-state index contributed by atoms with van der Waals surface area (Å²) in [6.07, 6.45) is 1.33. The Kier molecular flexibility index (Phi) is 6.41. The third-order valence-electron chi connectivity index (χ3n) is 4.39. The van der Waals surface area contributed by atoms with Crippen LogP contribution in [0.4, 0.5) is 4.39 Å². The summed E-state index contributed by atoms with van der Waals surface area (Å²) >= 11 is 1.23. The number of nitrogens with zero attached hydrogens (tertiary/aromatic N) is 1. The summed E-state index contributed by atoms with van der Waals surface area (Å²) < 4.78 is 19.8. The van der Waals surface area contributed by atoms with E-state index in [2.05, 4.69) is 5.32 Å². The fourth-order valence-corrected chi connectivity index (χ4v) is 3.67. The van der Waals surface area contributed by atoms with E-state index < -0.39 is 11.7 Å². The molecule has 0 saturated carbocycles. The van der Waals surface area contributed by atoms with Crippen LogP contribution < -0.4 is 15.8 Å². The molecule has 2 amide bonds. The molecule has 2 heterocycles. The number of nitrogens with one attached hydrogen (secondary N) is 1. The molecule has 1 aromatic carbocycles. The minimum atomic E-state index is -0.526. The van der Waals surface area contributed by atoms with Crippen LogP contribution >= 0.6 is 11.3 Å². The zero-order chi connectivity index (χ0) is 19.2. The molecule has 0 radical (unpaired) electrons. The summed E-state index contributed by atoms with van der Waals surface area (Å²) in [5.41, 5.74) is 6.18. The van der Waals surface area contributed by atoms with E-state index >= 15 is 0 Å². The van der Waals surface area contributed by atoms with Gasteiger partial charge in [0.25, 0.3) is 11.8 Å². The minimum absolute atomic E-state index is 0.0859. The minimum Gasteiger partial charge on any atom is -0.492 e. The second-order valence-corrected chi connectivity index (χ2v) is 7.20. The van der Waals surface area contributed by atoms with Gasteiger partial charge in [-0.25, -0.2) is 4.39 Å². The van der Waals surface area contributed by atoms with Gasteiger partial charge in [-0.3, -0.25) is 9.59 Å². The molecule has 8 heteroatoms. The molecule has 144 valence electrons. The number of carbonyl (C=O) groups is 2. The van der Waals surface area contributed by atoms with Gasteiger partial charge in [-0.15, -0.1) is 11.3 Å². The smallest absolute Gasteiger partial charge is 0.262 e. The first-order chi connectivity index (χ1) is 13.1. The van der Waals surface area contributed by atoms with E-state index in [0.29, 0.717) is 43.3 Å². The highest BCUT2D eigenvalue weighted by Gasteiger charge is 2.20. The van der Waals surface area contributed by atoms with Crippen molar-refractivity contribution < 1.29 is 18.7 Å². The average molecular weight is 391 g/mol. The molecule has 1 fully saturated rings. The summed E-state index contributed by atoms with van der Waals surface area (Å²) in [4.78, 5) is 26.1. The predicted octanol–water partition coefficient (Wildman–Crippen LogP) is 2.04. The van der Waals surface area contributed by atoms with Gasteiger partial charge >= 0.3 is 0 Å². The third kappa shape index (κ3) is 4.84. The Morgan fingerprint density at radius 1 is 1.26 bits per heavy atom. The van der Waals surface area contributed by atoms with Crippen LogP contribution in [0.5, 0.6) is 5.75 Å². The Morgan fingerprint density at radius 2 is 2.11 bits per heavy atom. The number of benzene rings is 1. The zero-order valence-electron chi connectivity index (χ0n) is 14.9. The number of ether oxygens (including phenoxy) is 1. The van der Waals surface area contributed by atoms with Gasteiger partial charge in [-0.1, -0.05) is 6.07 Å². The highest BCUT2D eigenvalue weighted by atomic mass is 32.1. The third-order valence-corrected chi connectivity index (χ3v) is 5.30. The number of rotatable bonds is 6. The Balaban J connectivity index is 1.65. The van der Waals surface area contributed by atoms with Gasteiger partial charge in [-0.05, 0) is 42.1 Å². The van der Waals surface area contributed by atoms with Crippen molar-refractivity contribution in [1.82, 2.24) is 10.2 Å². The van der Waals surface area contributed by atoms with Gasteiger partial charge in [0.15, 0.2) is 0 Å². The first-order valence-corrected chi connectivity index (χ1v) is 9.72. The van der Waals surface area contributed by atoms with E-state index in [0.717, 1.165) is 18.5 Å². The quantitative estimate of drug-likeness (QED) is 0.789. The molecule has 27 heavy (non-hydrogen) atoms. The van der Waals surface area contributed by atoms with Gasteiger partial charge in [0.1, 0.15) is 16.4 Å². The maximum atomic E-state index is 14.2. The van der Waals surface area contributed by atoms with Crippen LogP contribution in [0.25, 0.3) is 0 Å². The number of halogens is 1. The molecule has 3 N–H and O–H groups in total. The molecular formula is C19H22FN3O3S. The highest BCUT2D eigenvalue weighted by Crippen LogP contribution is 2.24. The van der Waals surface area contributed by atoms with E-state index in [1.807, 2.05) is 0 Å². The molecule has 6 nitrogen and oxygen atoms in total. The zero-order valence-corrected chi connectivity index (χ0v) is 15.7. The van der Waals surface area contributed by atoms with Crippen LogP contribution in [-0.2, 0) is 6.42 Å². The summed E-state index contributed by atoms with van der Waals surface area (Å²) in [5, 5.41) is 4.96. The van der Waals surface area contributed by atoms with Gasteiger partial charge in [0, 0.05) is 26.1 Å². The van der Waals surface area contributed by atoms with E-state index in [-0.39, 0.29) is 11.5 Å². The largest absolute Gasteiger partial charge is 0.492 e. The van der Waals surface area contributed by atoms with Crippen molar-refractivity contribution in [3.8, 4) is 5.75 Å². The lowest BCUT2D eigenvalue weighted by molar-refractivity contribution is 0.0761. The van der Waals surface area contributed by atoms with Crippen LogP contribution in [0.1, 0.15) is 32.0 Å². The summed E-state index contributed by atoms with van der Waals surface area (Å²) in [7, 11) is 0. The maximum Gasteiger partial charge on any atom is 0.262 e. The number of primary amides is 1. The first-order valence-electron chi connectivity index (χ1n) is 8.85. The van der Waals surface area contributed by atoms with E-state index in [1.165, 1.54) is 17.4 Å². The molecule has 0 spiro atoms. The maximum absolute atomic E-state index is 14.2. The topological polar surface area (TPSA) is 84.7 Å². The highest BCUT2D eigenvalue weighted by molar-refractivity contribution is 7.12. The monoisotopic (exact) mass is 391 g/mol. The lowest BCUT2D eigenvalue weighted by Crippen LogP contribution is -2.34. The van der Waals surface area contributed by atoms with Crippen LogP contribution in [-0.4, -0.2) is 49.5 Å². The Hall–Kier alpha value is -2.45.